The maximum atomic E-state index is 12.3. The Morgan fingerprint density at radius 1 is 1.48 bits per heavy atom. The van der Waals surface area contributed by atoms with E-state index >= 15 is 0 Å². The monoisotopic (exact) mass is 319 g/mol. The Hall–Kier alpha value is -1.88. The van der Waals surface area contributed by atoms with Gasteiger partial charge in [0.2, 0.25) is 5.91 Å². The Kier molecular flexibility index (Phi) is 6.16. The maximum Gasteiger partial charge on any atom is 0.334 e. The van der Waals surface area contributed by atoms with Gasteiger partial charge < -0.3 is 14.8 Å². The summed E-state index contributed by atoms with van der Waals surface area (Å²) in [5, 5.41) is 2.86. The summed E-state index contributed by atoms with van der Waals surface area (Å²) in [4.78, 5) is 24.1. The number of rotatable bonds is 4. The van der Waals surface area contributed by atoms with E-state index in [4.69, 9.17) is 9.47 Å². The lowest BCUT2D eigenvalue weighted by Gasteiger charge is -2.18. The van der Waals surface area contributed by atoms with Gasteiger partial charge >= 0.3 is 5.97 Å². The third-order valence-corrected chi connectivity index (χ3v) is 4.34. The summed E-state index contributed by atoms with van der Waals surface area (Å²) in [6.45, 7) is 6.87. The van der Waals surface area contributed by atoms with Crippen LogP contribution in [0.25, 0.3) is 0 Å². The molecule has 23 heavy (non-hydrogen) atoms. The first-order valence-corrected chi connectivity index (χ1v) is 8.06. The first-order valence-electron chi connectivity index (χ1n) is 8.06. The molecule has 0 spiro atoms. The Morgan fingerprint density at radius 2 is 2.26 bits per heavy atom. The predicted molar refractivity (Wildman–Crippen MR) is 87.7 cm³/mol. The van der Waals surface area contributed by atoms with Gasteiger partial charge in [0.25, 0.3) is 0 Å². The van der Waals surface area contributed by atoms with Gasteiger partial charge in [-0.05, 0) is 38.7 Å². The topological polar surface area (TPSA) is 64.6 Å². The zero-order valence-electron chi connectivity index (χ0n) is 13.9. The van der Waals surface area contributed by atoms with Crippen molar-refractivity contribution in [2.45, 2.75) is 38.7 Å². The van der Waals surface area contributed by atoms with Gasteiger partial charge in [-0.2, -0.15) is 0 Å². The van der Waals surface area contributed by atoms with Crippen LogP contribution in [0.3, 0.4) is 0 Å². The van der Waals surface area contributed by atoms with Crippen LogP contribution in [-0.2, 0) is 19.1 Å². The molecule has 1 saturated heterocycles. The second kappa shape index (κ2) is 8.11. The van der Waals surface area contributed by atoms with Crippen molar-refractivity contribution in [1.82, 2.24) is 5.32 Å². The molecule has 1 fully saturated rings. The van der Waals surface area contributed by atoms with E-state index in [0.717, 1.165) is 18.4 Å². The molecule has 0 radical (unpaired) electrons. The molecule has 0 saturated carbocycles. The lowest BCUT2D eigenvalue weighted by molar-refractivity contribution is -0.137. The summed E-state index contributed by atoms with van der Waals surface area (Å²) in [6, 6.07) is 0. The first-order chi connectivity index (χ1) is 11.0. The van der Waals surface area contributed by atoms with Crippen molar-refractivity contribution >= 4 is 11.9 Å². The Labute approximate surface area is 137 Å². The fourth-order valence-electron chi connectivity index (χ4n) is 2.96. The van der Waals surface area contributed by atoms with Crippen LogP contribution in [0.1, 0.15) is 32.6 Å². The van der Waals surface area contributed by atoms with Crippen LogP contribution in [0.2, 0.25) is 0 Å². The van der Waals surface area contributed by atoms with Crippen LogP contribution >= 0.6 is 0 Å². The number of ether oxygens (including phenoxy) is 2. The molecule has 2 atom stereocenters. The van der Waals surface area contributed by atoms with E-state index in [0.29, 0.717) is 31.6 Å². The van der Waals surface area contributed by atoms with Crippen LogP contribution in [-0.4, -0.2) is 38.2 Å². The van der Waals surface area contributed by atoms with Crippen LogP contribution < -0.4 is 5.32 Å². The summed E-state index contributed by atoms with van der Waals surface area (Å²) < 4.78 is 10.4. The quantitative estimate of drug-likeness (QED) is 0.374. The third kappa shape index (κ3) is 4.55. The van der Waals surface area contributed by atoms with Crippen LogP contribution in [0.15, 0.2) is 35.5 Å². The van der Waals surface area contributed by atoms with E-state index < -0.39 is 0 Å². The fraction of sp³-hybridized carbons (Fsp3) is 0.556. The minimum absolute atomic E-state index is 0.0503. The predicted octanol–water partition coefficient (Wildman–Crippen LogP) is 2.29. The zero-order valence-corrected chi connectivity index (χ0v) is 13.9. The van der Waals surface area contributed by atoms with E-state index in [1.165, 1.54) is 5.57 Å². The lowest BCUT2D eigenvalue weighted by Crippen LogP contribution is -2.29. The van der Waals surface area contributed by atoms with Crippen molar-refractivity contribution in [2.75, 3.05) is 20.3 Å². The second-order valence-electron chi connectivity index (χ2n) is 6.07. The number of nitrogens with one attached hydrogen (secondary N) is 1. The Morgan fingerprint density at radius 3 is 3.00 bits per heavy atom. The number of hydrogen-bond acceptors (Lipinski definition) is 4. The summed E-state index contributed by atoms with van der Waals surface area (Å²) >= 11 is 0. The highest BCUT2D eigenvalue weighted by molar-refractivity contribution is 5.93. The average molecular weight is 319 g/mol. The van der Waals surface area contributed by atoms with Crippen molar-refractivity contribution in [3.8, 4) is 0 Å². The Balaban J connectivity index is 2.10. The molecule has 5 heteroatoms. The summed E-state index contributed by atoms with van der Waals surface area (Å²) in [5.41, 5.74) is 2.44. The number of methoxy groups -OCH3 is 1. The number of esters is 1. The second-order valence-corrected chi connectivity index (χ2v) is 6.07. The molecule has 1 N–H and O–H groups in total. The number of hydrogen-bond donors (Lipinski definition) is 1. The molecule has 0 aromatic rings. The third-order valence-electron chi connectivity index (χ3n) is 4.34. The van der Waals surface area contributed by atoms with Gasteiger partial charge in [0.05, 0.1) is 6.61 Å². The fourth-order valence-corrected chi connectivity index (χ4v) is 2.96. The maximum absolute atomic E-state index is 12.3. The molecule has 0 bridgehead atoms. The largest absolute Gasteiger partial charge is 0.454 e. The van der Waals surface area contributed by atoms with E-state index in [9.17, 15) is 9.59 Å². The van der Waals surface area contributed by atoms with Crippen molar-refractivity contribution in [1.29, 1.82) is 0 Å². The average Bonchev–Trinajstić information content (AvgIpc) is 2.77. The Bertz CT molecular complexity index is 547. The van der Waals surface area contributed by atoms with Gasteiger partial charge in [0.15, 0.2) is 0 Å². The van der Waals surface area contributed by atoms with E-state index in [2.05, 4.69) is 11.9 Å². The van der Waals surface area contributed by atoms with Crippen molar-refractivity contribution < 1.29 is 19.1 Å². The molecule has 5 nitrogen and oxygen atoms in total. The molecule has 0 aromatic carbocycles. The minimum Gasteiger partial charge on any atom is -0.454 e. The molecule has 2 aliphatic rings. The number of fused-ring (bicyclic) bond motifs is 1. The van der Waals surface area contributed by atoms with Crippen LogP contribution in [0.5, 0.6) is 0 Å². The van der Waals surface area contributed by atoms with E-state index in [1.807, 2.05) is 19.1 Å². The SMILES string of the molecule is C=C1C(=O)O[C@@H]2/C=C(/C)CC/C=C(/C(=O)NCCOC)CC[C@H]12. The van der Waals surface area contributed by atoms with Crippen molar-refractivity contribution in [2.24, 2.45) is 5.92 Å². The van der Waals surface area contributed by atoms with Crippen LogP contribution in [0, 0.1) is 5.92 Å². The van der Waals surface area contributed by atoms with Crippen molar-refractivity contribution in [3.63, 3.8) is 0 Å². The van der Waals surface area contributed by atoms with Gasteiger partial charge in [0.1, 0.15) is 6.10 Å². The normalized spacial score (nSPS) is 29.7. The van der Waals surface area contributed by atoms with Crippen LogP contribution in [0.4, 0.5) is 0 Å². The molecule has 126 valence electrons. The highest BCUT2D eigenvalue weighted by atomic mass is 16.5. The number of carbonyl (C=O) groups is 2. The van der Waals surface area contributed by atoms with Gasteiger partial charge in [-0.15, -0.1) is 0 Å². The summed E-state index contributed by atoms with van der Waals surface area (Å²) in [7, 11) is 1.60. The molecule has 0 aromatic heterocycles. The van der Waals surface area contributed by atoms with Gasteiger partial charge in [-0.3, -0.25) is 4.79 Å². The molecule has 1 aliphatic carbocycles. The van der Waals surface area contributed by atoms with E-state index in [-0.39, 0.29) is 23.9 Å². The van der Waals surface area contributed by atoms with Gasteiger partial charge in [0, 0.05) is 30.7 Å². The van der Waals surface area contributed by atoms with Gasteiger partial charge in [-0.25, -0.2) is 4.79 Å². The molecule has 2 rings (SSSR count). The standard InChI is InChI=1S/C18H25NO4/c1-12-5-4-6-14(17(20)19-9-10-22-3)7-8-15-13(2)18(21)23-16(15)11-12/h6,11,15-16H,2,4-5,7-10H2,1,3H3,(H,19,20)/b12-11-,14-6+/t15-,16-/m1/s1. The minimum atomic E-state index is -0.321. The highest BCUT2D eigenvalue weighted by Crippen LogP contribution is 2.34. The zero-order chi connectivity index (χ0) is 16.8. The highest BCUT2D eigenvalue weighted by Gasteiger charge is 2.37. The van der Waals surface area contributed by atoms with Crippen molar-refractivity contribution in [3.05, 3.63) is 35.5 Å². The van der Waals surface area contributed by atoms with Gasteiger partial charge in [-0.1, -0.05) is 18.2 Å². The first kappa shape index (κ1) is 17.5. The van der Waals surface area contributed by atoms with E-state index in [1.54, 1.807) is 7.11 Å². The molecule has 1 aliphatic heterocycles. The number of amides is 1. The number of allylic oxidation sites excluding steroid dienone is 2. The summed E-state index contributed by atoms with van der Waals surface area (Å²) in [6.07, 6.45) is 6.73. The summed E-state index contributed by atoms with van der Waals surface area (Å²) in [5.74, 6) is -0.430. The molecule has 1 heterocycles. The number of carbonyl (C=O) groups excluding carboxylic acids is 2. The smallest absolute Gasteiger partial charge is 0.334 e. The lowest BCUT2D eigenvalue weighted by atomic mass is 9.87. The molecular weight excluding hydrogens is 294 g/mol. The molecule has 0 unspecified atom stereocenters. The molecular formula is C18H25NO4. The molecule has 1 amide bonds.